The van der Waals surface area contributed by atoms with Crippen molar-refractivity contribution in [2.75, 3.05) is 0 Å². The number of hydrogen-bond donors (Lipinski definition) is 0. The van der Waals surface area contributed by atoms with Crippen LogP contribution >= 0.6 is 0 Å². The Morgan fingerprint density at radius 3 is 2.19 bits per heavy atom. The zero-order valence-electron chi connectivity index (χ0n) is 10.5. The molecule has 1 aromatic carbocycles. The molecule has 1 rings (SSSR count). The van der Waals surface area contributed by atoms with Crippen molar-refractivity contribution >= 4 is 19.5 Å². The summed E-state index contributed by atoms with van der Waals surface area (Å²) in [5.74, 6) is 0.313. The Labute approximate surface area is 99.2 Å². The third-order valence-corrected chi connectivity index (χ3v) is 5.72. The number of hydrogen-bond acceptors (Lipinski definition) is 1. The quantitative estimate of drug-likeness (QED) is 0.443. The number of allylic oxidation sites excluding steroid dienone is 1. The molecule has 0 amide bonds. The molecular formula is C14H20OSi. The maximum atomic E-state index is 11.0. The van der Waals surface area contributed by atoms with Gasteiger partial charge in [-0.05, 0) is 11.5 Å². The number of carbonyl (C=O) groups excluding carboxylic acids is 1. The lowest BCUT2D eigenvalue weighted by molar-refractivity contribution is -0.105. The molecule has 2 heteroatoms. The van der Waals surface area contributed by atoms with Crippen LogP contribution in [0.5, 0.6) is 0 Å². The van der Waals surface area contributed by atoms with Gasteiger partial charge in [0.25, 0.3) is 0 Å². The maximum Gasteiger partial charge on any atom is 0.145 e. The van der Waals surface area contributed by atoms with Gasteiger partial charge in [-0.15, -0.1) is 0 Å². The van der Waals surface area contributed by atoms with E-state index in [2.05, 4.69) is 56.9 Å². The van der Waals surface area contributed by atoms with Gasteiger partial charge in [-0.25, -0.2) is 0 Å². The van der Waals surface area contributed by atoms with Crippen LogP contribution in [0.2, 0.25) is 13.1 Å². The lowest BCUT2D eigenvalue weighted by atomic mass is 10.1. The fraction of sp³-hybridized carbons (Fsp3) is 0.357. The Kier molecular flexibility index (Phi) is 4.24. The van der Waals surface area contributed by atoms with Gasteiger partial charge in [0.2, 0.25) is 0 Å². The Bertz CT molecular complexity index is 377. The Morgan fingerprint density at radius 1 is 1.19 bits per heavy atom. The fourth-order valence-corrected chi connectivity index (χ4v) is 4.16. The van der Waals surface area contributed by atoms with Gasteiger partial charge in [-0.3, -0.25) is 4.79 Å². The molecule has 1 nitrogen and oxygen atoms in total. The Morgan fingerprint density at radius 2 is 1.75 bits per heavy atom. The maximum absolute atomic E-state index is 11.0. The lowest BCUT2D eigenvalue weighted by Crippen LogP contribution is -2.40. The molecule has 0 heterocycles. The number of rotatable bonds is 4. The van der Waals surface area contributed by atoms with Crippen LogP contribution in [0.1, 0.15) is 13.8 Å². The van der Waals surface area contributed by atoms with Gasteiger partial charge in [0.15, 0.2) is 0 Å². The summed E-state index contributed by atoms with van der Waals surface area (Å²) in [6, 6.07) is 10.5. The molecule has 0 saturated carbocycles. The smallest absolute Gasteiger partial charge is 0.145 e. The summed E-state index contributed by atoms with van der Waals surface area (Å²) in [4.78, 5) is 11.0. The van der Waals surface area contributed by atoms with E-state index in [9.17, 15) is 4.79 Å². The predicted molar refractivity (Wildman–Crippen MR) is 72.5 cm³/mol. The summed E-state index contributed by atoms with van der Waals surface area (Å²) in [7, 11) is -1.62. The molecule has 0 fully saturated rings. The summed E-state index contributed by atoms with van der Waals surface area (Å²) >= 11 is 0. The van der Waals surface area contributed by atoms with Crippen molar-refractivity contribution in [3.63, 3.8) is 0 Å². The molecule has 0 unspecified atom stereocenters. The van der Waals surface area contributed by atoms with Crippen LogP contribution in [0.15, 0.2) is 41.6 Å². The van der Waals surface area contributed by atoms with Gasteiger partial charge in [-0.2, -0.15) is 0 Å². The van der Waals surface area contributed by atoms with Crippen LogP contribution in [-0.4, -0.2) is 14.4 Å². The largest absolute Gasteiger partial charge is 0.298 e. The second-order valence-electron chi connectivity index (χ2n) is 5.00. The first-order valence-electron chi connectivity index (χ1n) is 5.71. The van der Waals surface area contributed by atoms with E-state index in [4.69, 9.17) is 0 Å². The van der Waals surface area contributed by atoms with Crippen molar-refractivity contribution in [3.8, 4) is 0 Å². The van der Waals surface area contributed by atoms with Crippen molar-refractivity contribution in [2.45, 2.75) is 26.9 Å². The molecule has 16 heavy (non-hydrogen) atoms. The van der Waals surface area contributed by atoms with E-state index in [-0.39, 0.29) is 0 Å². The predicted octanol–water partition coefficient (Wildman–Crippen LogP) is 2.92. The first-order valence-corrected chi connectivity index (χ1v) is 8.78. The number of aldehydes is 1. The average Bonchev–Trinajstić information content (AvgIpc) is 2.27. The highest BCUT2D eigenvalue weighted by Gasteiger charge is 2.21. The molecule has 0 spiro atoms. The molecule has 0 aliphatic carbocycles. The molecule has 0 saturated heterocycles. The minimum Gasteiger partial charge on any atom is -0.298 e. The second kappa shape index (κ2) is 5.26. The summed E-state index contributed by atoms with van der Waals surface area (Å²) in [6.07, 6.45) is 1.00. The van der Waals surface area contributed by atoms with Gasteiger partial charge < -0.3 is 0 Å². The molecule has 86 valence electrons. The first-order chi connectivity index (χ1) is 7.47. The molecule has 0 atom stereocenters. The van der Waals surface area contributed by atoms with Crippen molar-refractivity contribution < 1.29 is 4.79 Å². The third kappa shape index (κ3) is 3.17. The lowest BCUT2D eigenvalue weighted by Gasteiger charge is -2.20. The van der Waals surface area contributed by atoms with Crippen LogP contribution in [0.4, 0.5) is 0 Å². The van der Waals surface area contributed by atoms with Gasteiger partial charge in [0.1, 0.15) is 14.4 Å². The summed E-state index contributed by atoms with van der Waals surface area (Å²) in [6.45, 7) is 8.67. The average molecular weight is 232 g/mol. The molecular weight excluding hydrogens is 212 g/mol. The van der Waals surface area contributed by atoms with E-state index in [1.807, 2.05) is 6.07 Å². The van der Waals surface area contributed by atoms with E-state index in [0.29, 0.717) is 5.92 Å². The summed E-state index contributed by atoms with van der Waals surface area (Å²) in [5, 5.41) is 1.37. The van der Waals surface area contributed by atoms with E-state index in [0.717, 1.165) is 11.9 Å². The number of benzene rings is 1. The minimum absolute atomic E-state index is 0.313. The monoisotopic (exact) mass is 232 g/mol. The van der Waals surface area contributed by atoms with Crippen molar-refractivity contribution in [2.24, 2.45) is 5.92 Å². The molecule has 0 N–H and O–H groups in total. The summed E-state index contributed by atoms with van der Waals surface area (Å²) in [5.41, 5.74) is 3.14. The van der Waals surface area contributed by atoms with Crippen LogP contribution < -0.4 is 5.19 Å². The highest BCUT2D eigenvalue weighted by molar-refractivity contribution is 6.94. The molecule has 0 aliphatic heterocycles. The van der Waals surface area contributed by atoms with E-state index >= 15 is 0 Å². The second-order valence-corrected chi connectivity index (χ2v) is 9.31. The SMILES string of the molecule is CC(C)/C(C=O)=C\[Si](C)(C)c1ccccc1. The van der Waals surface area contributed by atoms with E-state index in [1.54, 1.807) is 0 Å². The van der Waals surface area contributed by atoms with E-state index in [1.165, 1.54) is 5.19 Å². The molecule has 0 radical (unpaired) electrons. The molecule has 0 aromatic heterocycles. The topological polar surface area (TPSA) is 17.1 Å². The molecule has 0 bridgehead atoms. The van der Waals surface area contributed by atoms with Crippen molar-refractivity contribution in [3.05, 3.63) is 41.6 Å². The number of carbonyl (C=O) groups is 1. The van der Waals surface area contributed by atoms with Crippen LogP contribution in [0, 0.1) is 5.92 Å². The first kappa shape index (κ1) is 12.9. The highest BCUT2D eigenvalue weighted by Crippen LogP contribution is 2.13. The zero-order chi connectivity index (χ0) is 12.2. The van der Waals surface area contributed by atoms with Gasteiger partial charge in [0.05, 0.1) is 0 Å². The van der Waals surface area contributed by atoms with Gasteiger partial charge in [0, 0.05) is 0 Å². The van der Waals surface area contributed by atoms with Crippen molar-refractivity contribution in [1.29, 1.82) is 0 Å². The van der Waals surface area contributed by atoms with Gasteiger partial charge in [-0.1, -0.05) is 68.2 Å². The third-order valence-electron chi connectivity index (χ3n) is 2.85. The normalized spacial score (nSPS) is 12.9. The van der Waals surface area contributed by atoms with Gasteiger partial charge >= 0.3 is 0 Å². The van der Waals surface area contributed by atoms with Crippen LogP contribution in [0.25, 0.3) is 0 Å². The zero-order valence-corrected chi connectivity index (χ0v) is 11.5. The molecule has 0 aliphatic rings. The standard InChI is InChI=1S/C14H20OSi/c1-12(2)13(10-15)11-16(3,4)14-8-6-5-7-9-14/h5-12H,1-4H3/b13-11-. The minimum atomic E-state index is -1.62. The Balaban J connectivity index is 3.07. The highest BCUT2D eigenvalue weighted by atomic mass is 28.3. The van der Waals surface area contributed by atoms with Crippen LogP contribution in [0.3, 0.4) is 0 Å². The fourth-order valence-electron chi connectivity index (χ4n) is 1.70. The Hall–Kier alpha value is -1.15. The van der Waals surface area contributed by atoms with E-state index < -0.39 is 8.07 Å². The summed E-state index contributed by atoms with van der Waals surface area (Å²) < 4.78 is 0. The van der Waals surface area contributed by atoms with Crippen LogP contribution in [-0.2, 0) is 4.79 Å². The molecule has 1 aromatic rings. The van der Waals surface area contributed by atoms with Crippen molar-refractivity contribution in [1.82, 2.24) is 0 Å².